The lowest BCUT2D eigenvalue weighted by molar-refractivity contribution is 0.0407. The highest BCUT2D eigenvalue weighted by Gasteiger charge is 2.57. The van der Waals surface area contributed by atoms with Crippen LogP contribution in [0, 0.1) is 23.2 Å². The number of fused-ring (bicyclic) bond motifs is 3. The van der Waals surface area contributed by atoms with Crippen LogP contribution in [-0.2, 0) is 0 Å². The monoisotopic (exact) mass is 236 g/mol. The highest BCUT2D eigenvalue weighted by atomic mass is 15.1. The number of nitrogens with zero attached hydrogens (tertiary/aromatic N) is 1. The molecule has 0 heterocycles. The normalized spacial score (nSPS) is 49.4. The number of rotatable bonds is 2. The minimum Gasteiger partial charge on any atom is -0.327 e. The number of hydrogen-bond acceptors (Lipinski definition) is 2. The number of nitrogens with two attached hydrogens (primary N) is 1. The minimum absolute atomic E-state index is 0.534. The molecule has 3 aliphatic carbocycles. The third kappa shape index (κ3) is 1.84. The highest BCUT2D eigenvalue weighted by molar-refractivity contribution is 5.10. The Bertz CT molecular complexity index is 285. The molecular formula is C15H28N2. The Balaban J connectivity index is 1.74. The average molecular weight is 236 g/mol. The van der Waals surface area contributed by atoms with E-state index in [1.807, 2.05) is 0 Å². The van der Waals surface area contributed by atoms with Crippen molar-refractivity contribution in [2.75, 3.05) is 20.6 Å². The average Bonchev–Trinajstić information content (AvgIpc) is 2.83. The maximum atomic E-state index is 6.61. The molecule has 1 unspecified atom stereocenters. The molecule has 3 saturated carbocycles. The van der Waals surface area contributed by atoms with Crippen LogP contribution in [0.5, 0.6) is 0 Å². The molecule has 0 amide bonds. The van der Waals surface area contributed by atoms with Crippen molar-refractivity contribution in [1.82, 2.24) is 4.90 Å². The fourth-order valence-electron chi connectivity index (χ4n) is 5.41. The molecule has 0 saturated heterocycles. The summed E-state index contributed by atoms with van der Waals surface area (Å²) in [6.45, 7) is 1.27. The van der Waals surface area contributed by atoms with Crippen LogP contribution in [0.1, 0.15) is 44.9 Å². The zero-order valence-corrected chi connectivity index (χ0v) is 11.5. The fraction of sp³-hybridized carbons (Fsp3) is 1.00. The van der Waals surface area contributed by atoms with Gasteiger partial charge in [-0.05, 0) is 75.8 Å². The lowest BCUT2D eigenvalue weighted by atomic mass is 9.59. The lowest BCUT2D eigenvalue weighted by Crippen LogP contribution is -2.49. The maximum absolute atomic E-state index is 6.61. The second kappa shape index (κ2) is 4.24. The van der Waals surface area contributed by atoms with E-state index in [0.717, 1.165) is 17.8 Å². The van der Waals surface area contributed by atoms with Gasteiger partial charge in [0, 0.05) is 12.6 Å². The van der Waals surface area contributed by atoms with Crippen LogP contribution in [0.2, 0.25) is 0 Å². The molecule has 5 atom stereocenters. The first-order chi connectivity index (χ1) is 8.12. The van der Waals surface area contributed by atoms with E-state index in [-0.39, 0.29) is 0 Å². The molecule has 2 nitrogen and oxygen atoms in total. The van der Waals surface area contributed by atoms with Crippen molar-refractivity contribution in [3.63, 3.8) is 0 Å². The molecule has 0 aromatic heterocycles. The van der Waals surface area contributed by atoms with Gasteiger partial charge in [-0.25, -0.2) is 0 Å². The van der Waals surface area contributed by atoms with Crippen LogP contribution in [0.4, 0.5) is 0 Å². The smallest absolute Gasteiger partial charge is 0.0127 e. The summed E-state index contributed by atoms with van der Waals surface area (Å²) in [4.78, 5) is 2.36. The SMILES string of the molecule is CN(C)C[C@@H]1CCC[C@@]2(C1)[C@H]1CCC(C1)[C@H]2N. The third-order valence-corrected chi connectivity index (χ3v) is 6.00. The van der Waals surface area contributed by atoms with E-state index in [1.165, 1.54) is 51.5 Å². The minimum atomic E-state index is 0.534. The van der Waals surface area contributed by atoms with Crippen molar-refractivity contribution in [3.8, 4) is 0 Å². The topological polar surface area (TPSA) is 29.3 Å². The second-order valence-corrected chi connectivity index (χ2v) is 7.25. The molecule has 3 rings (SSSR count). The van der Waals surface area contributed by atoms with Gasteiger partial charge in [-0.3, -0.25) is 0 Å². The van der Waals surface area contributed by atoms with Crippen molar-refractivity contribution < 1.29 is 0 Å². The van der Waals surface area contributed by atoms with Crippen molar-refractivity contribution in [2.45, 2.75) is 51.0 Å². The predicted molar refractivity (Wildman–Crippen MR) is 71.8 cm³/mol. The van der Waals surface area contributed by atoms with E-state index in [4.69, 9.17) is 5.73 Å². The predicted octanol–water partition coefficient (Wildman–Crippen LogP) is 2.48. The lowest BCUT2D eigenvalue weighted by Gasteiger charge is -2.48. The quantitative estimate of drug-likeness (QED) is 0.798. The van der Waals surface area contributed by atoms with Crippen LogP contribution >= 0.6 is 0 Å². The zero-order chi connectivity index (χ0) is 12.0. The molecule has 0 aromatic carbocycles. The Kier molecular flexibility index (Phi) is 2.99. The van der Waals surface area contributed by atoms with Gasteiger partial charge in [0.25, 0.3) is 0 Å². The van der Waals surface area contributed by atoms with Gasteiger partial charge < -0.3 is 10.6 Å². The summed E-state index contributed by atoms with van der Waals surface area (Å²) < 4.78 is 0. The van der Waals surface area contributed by atoms with E-state index in [2.05, 4.69) is 19.0 Å². The molecule has 2 N–H and O–H groups in total. The van der Waals surface area contributed by atoms with Gasteiger partial charge in [0.2, 0.25) is 0 Å². The van der Waals surface area contributed by atoms with Crippen LogP contribution in [0.3, 0.4) is 0 Å². The van der Waals surface area contributed by atoms with Crippen LogP contribution in [-0.4, -0.2) is 31.6 Å². The van der Waals surface area contributed by atoms with Crippen LogP contribution in [0.15, 0.2) is 0 Å². The Morgan fingerprint density at radius 2 is 2.06 bits per heavy atom. The molecule has 98 valence electrons. The highest BCUT2D eigenvalue weighted by Crippen LogP contribution is 2.61. The molecule has 17 heavy (non-hydrogen) atoms. The Labute approximate surface area is 106 Å². The second-order valence-electron chi connectivity index (χ2n) is 7.25. The summed E-state index contributed by atoms with van der Waals surface area (Å²) in [6, 6.07) is 0.534. The fourth-order valence-corrected chi connectivity index (χ4v) is 5.41. The third-order valence-electron chi connectivity index (χ3n) is 6.00. The molecular weight excluding hydrogens is 208 g/mol. The van der Waals surface area contributed by atoms with Gasteiger partial charge in [-0.2, -0.15) is 0 Å². The molecule has 3 aliphatic rings. The Hall–Kier alpha value is -0.0800. The largest absolute Gasteiger partial charge is 0.327 e. The van der Waals surface area contributed by atoms with Crippen LogP contribution < -0.4 is 5.73 Å². The van der Waals surface area contributed by atoms with Gasteiger partial charge in [-0.15, -0.1) is 0 Å². The standard InChI is InChI=1S/C15H28N2/c1-17(2)10-11-4-3-7-15(9-11)13-6-5-12(8-13)14(15)16/h11-14H,3-10,16H2,1-2H3/t11-,12?,13+,14-,15-/m1/s1. The zero-order valence-electron chi connectivity index (χ0n) is 11.5. The summed E-state index contributed by atoms with van der Waals surface area (Å²) in [6.07, 6.45) is 10.1. The van der Waals surface area contributed by atoms with Crippen molar-refractivity contribution >= 4 is 0 Å². The summed E-state index contributed by atoms with van der Waals surface area (Å²) in [5, 5.41) is 0. The van der Waals surface area contributed by atoms with Crippen molar-refractivity contribution in [3.05, 3.63) is 0 Å². The van der Waals surface area contributed by atoms with Gasteiger partial charge in [0.05, 0.1) is 0 Å². The van der Waals surface area contributed by atoms with Gasteiger partial charge in [0.1, 0.15) is 0 Å². The van der Waals surface area contributed by atoms with E-state index in [1.54, 1.807) is 0 Å². The summed E-state index contributed by atoms with van der Waals surface area (Å²) in [5.41, 5.74) is 7.17. The van der Waals surface area contributed by atoms with Crippen molar-refractivity contribution in [2.24, 2.45) is 28.9 Å². The first-order valence-corrected chi connectivity index (χ1v) is 7.52. The first kappa shape index (κ1) is 12.0. The van der Waals surface area contributed by atoms with E-state index in [0.29, 0.717) is 11.5 Å². The molecule has 3 fully saturated rings. The molecule has 0 aromatic rings. The van der Waals surface area contributed by atoms with Crippen molar-refractivity contribution in [1.29, 1.82) is 0 Å². The molecule has 0 aliphatic heterocycles. The molecule has 2 heteroatoms. The van der Waals surface area contributed by atoms with Gasteiger partial charge in [-0.1, -0.05) is 6.42 Å². The Morgan fingerprint density at radius 1 is 1.24 bits per heavy atom. The Morgan fingerprint density at radius 3 is 2.71 bits per heavy atom. The van der Waals surface area contributed by atoms with Gasteiger partial charge in [0.15, 0.2) is 0 Å². The van der Waals surface area contributed by atoms with E-state index in [9.17, 15) is 0 Å². The molecule has 2 bridgehead atoms. The summed E-state index contributed by atoms with van der Waals surface area (Å²) in [5.74, 6) is 2.76. The maximum Gasteiger partial charge on any atom is 0.0127 e. The van der Waals surface area contributed by atoms with Gasteiger partial charge >= 0.3 is 0 Å². The van der Waals surface area contributed by atoms with E-state index < -0.39 is 0 Å². The molecule has 0 radical (unpaired) electrons. The van der Waals surface area contributed by atoms with Crippen LogP contribution in [0.25, 0.3) is 0 Å². The van der Waals surface area contributed by atoms with E-state index >= 15 is 0 Å². The number of hydrogen-bond donors (Lipinski definition) is 1. The first-order valence-electron chi connectivity index (χ1n) is 7.52. The summed E-state index contributed by atoms with van der Waals surface area (Å²) >= 11 is 0. The summed E-state index contributed by atoms with van der Waals surface area (Å²) in [7, 11) is 4.42. The molecule has 1 spiro atoms.